The number of piperazine rings is 1. The van der Waals surface area contributed by atoms with Crippen molar-refractivity contribution in [3.63, 3.8) is 0 Å². The predicted octanol–water partition coefficient (Wildman–Crippen LogP) is 3.31. The minimum Gasteiger partial charge on any atom is -0.367 e. The number of nitrogens with zero attached hydrogens (tertiary/aromatic N) is 3. The van der Waals surface area contributed by atoms with Gasteiger partial charge in [0.1, 0.15) is 0 Å². The summed E-state index contributed by atoms with van der Waals surface area (Å²) in [7, 11) is 0. The molecule has 2 saturated heterocycles. The van der Waals surface area contributed by atoms with Gasteiger partial charge >= 0.3 is 6.03 Å². The fraction of sp³-hybridized carbons (Fsp3) is 0.588. The van der Waals surface area contributed by atoms with Gasteiger partial charge in [0, 0.05) is 39.3 Å². The van der Waals surface area contributed by atoms with Gasteiger partial charge in [-0.25, -0.2) is 4.79 Å². The number of para-hydroxylation sites is 1. The van der Waals surface area contributed by atoms with Gasteiger partial charge in [-0.3, -0.25) is 0 Å². The van der Waals surface area contributed by atoms with Gasteiger partial charge < -0.3 is 14.7 Å². The molecular formula is C17H24ClN3O. The van der Waals surface area contributed by atoms with Gasteiger partial charge in [0.2, 0.25) is 0 Å². The molecule has 0 unspecified atom stereocenters. The topological polar surface area (TPSA) is 26.8 Å². The second kappa shape index (κ2) is 6.78. The van der Waals surface area contributed by atoms with Gasteiger partial charge in [-0.05, 0) is 30.9 Å². The molecule has 2 amide bonds. The maximum atomic E-state index is 12.6. The van der Waals surface area contributed by atoms with Crippen LogP contribution in [0.15, 0.2) is 24.3 Å². The Kier molecular flexibility index (Phi) is 4.77. The second-order valence-electron chi connectivity index (χ2n) is 6.38. The molecule has 2 fully saturated rings. The van der Waals surface area contributed by atoms with E-state index in [0.717, 1.165) is 68.7 Å². The van der Waals surface area contributed by atoms with Crippen molar-refractivity contribution in [1.82, 2.24) is 9.80 Å². The van der Waals surface area contributed by atoms with Crippen LogP contribution in [0.3, 0.4) is 0 Å². The molecule has 22 heavy (non-hydrogen) atoms. The van der Waals surface area contributed by atoms with Crippen molar-refractivity contribution in [2.45, 2.75) is 19.8 Å². The molecular weight excluding hydrogens is 298 g/mol. The van der Waals surface area contributed by atoms with Gasteiger partial charge in [0.05, 0.1) is 10.7 Å². The lowest BCUT2D eigenvalue weighted by molar-refractivity contribution is 0.132. The highest BCUT2D eigenvalue weighted by atomic mass is 35.5. The smallest absolute Gasteiger partial charge is 0.320 e. The lowest BCUT2D eigenvalue weighted by Gasteiger charge is -2.40. The number of carbonyl (C=O) groups excluding carboxylic acids is 1. The molecule has 3 rings (SSSR count). The summed E-state index contributed by atoms with van der Waals surface area (Å²) in [4.78, 5) is 18.9. The first-order valence-corrected chi connectivity index (χ1v) is 8.56. The van der Waals surface area contributed by atoms with Crippen LogP contribution in [-0.2, 0) is 0 Å². The number of carbonyl (C=O) groups is 1. The molecule has 0 atom stereocenters. The number of amides is 2. The monoisotopic (exact) mass is 321 g/mol. The number of hydrogen-bond donors (Lipinski definition) is 0. The van der Waals surface area contributed by atoms with Crippen LogP contribution in [-0.4, -0.2) is 55.1 Å². The third-order valence-corrected chi connectivity index (χ3v) is 5.12. The molecule has 2 aliphatic heterocycles. The quantitative estimate of drug-likeness (QED) is 0.793. The van der Waals surface area contributed by atoms with Crippen LogP contribution in [0.2, 0.25) is 5.02 Å². The van der Waals surface area contributed by atoms with Crippen LogP contribution >= 0.6 is 11.6 Å². The van der Waals surface area contributed by atoms with Crippen molar-refractivity contribution < 1.29 is 4.79 Å². The Bertz CT molecular complexity index is 520. The zero-order valence-electron chi connectivity index (χ0n) is 13.2. The first kappa shape index (κ1) is 15.5. The molecule has 0 bridgehead atoms. The molecule has 120 valence electrons. The Labute approximate surface area is 137 Å². The lowest BCUT2D eigenvalue weighted by atomic mass is 9.99. The largest absolute Gasteiger partial charge is 0.367 e. The van der Waals surface area contributed by atoms with Crippen LogP contribution in [0.1, 0.15) is 19.8 Å². The van der Waals surface area contributed by atoms with Gasteiger partial charge in [0.25, 0.3) is 0 Å². The molecule has 0 aliphatic carbocycles. The summed E-state index contributed by atoms with van der Waals surface area (Å²) in [5, 5.41) is 0.785. The molecule has 1 aromatic carbocycles. The van der Waals surface area contributed by atoms with Crippen molar-refractivity contribution in [1.29, 1.82) is 0 Å². The van der Waals surface area contributed by atoms with E-state index in [1.165, 1.54) is 0 Å². The van der Waals surface area contributed by atoms with Crippen LogP contribution in [0.5, 0.6) is 0 Å². The number of likely N-dealkylation sites (tertiary alicyclic amines) is 1. The lowest BCUT2D eigenvalue weighted by Crippen LogP contribution is -2.54. The van der Waals surface area contributed by atoms with Gasteiger partial charge in [-0.2, -0.15) is 0 Å². The minimum absolute atomic E-state index is 0.214. The van der Waals surface area contributed by atoms with Crippen molar-refractivity contribution in [3.05, 3.63) is 29.3 Å². The Morgan fingerprint density at radius 3 is 2.23 bits per heavy atom. The summed E-state index contributed by atoms with van der Waals surface area (Å²) >= 11 is 6.26. The highest BCUT2D eigenvalue weighted by Gasteiger charge is 2.27. The van der Waals surface area contributed by atoms with Gasteiger partial charge in [-0.15, -0.1) is 0 Å². The maximum Gasteiger partial charge on any atom is 0.320 e. The number of benzene rings is 1. The summed E-state index contributed by atoms with van der Waals surface area (Å²) in [5.41, 5.74) is 1.07. The number of hydrogen-bond acceptors (Lipinski definition) is 2. The first-order chi connectivity index (χ1) is 10.6. The van der Waals surface area contributed by atoms with E-state index in [9.17, 15) is 4.79 Å². The Balaban J connectivity index is 1.55. The zero-order chi connectivity index (χ0) is 15.5. The highest BCUT2D eigenvalue weighted by molar-refractivity contribution is 6.33. The third-order valence-electron chi connectivity index (χ3n) is 4.80. The average molecular weight is 322 g/mol. The zero-order valence-corrected chi connectivity index (χ0v) is 13.9. The highest BCUT2D eigenvalue weighted by Crippen LogP contribution is 2.26. The SMILES string of the molecule is CC1CCN(C(=O)N2CCN(c3ccccc3Cl)CC2)CC1. The molecule has 0 radical (unpaired) electrons. The van der Waals surface area contributed by atoms with Crippen molar-refractivity contribution in [2.24, 2.45) is 5.92 Å². The van der Waals surface area contributed by atoms with E-state index in [-0.39, 0.29) is 6.03 Å². The second-order valence-corrected chi connectivity index (χ2v) is 6.78. The van der Waals surface area contributed by atoms with Crippen LogP contribution in [0.25, 0.3) is 0 Å². The fourth-order valence-corrected chi connectivity index (χ4v) is 3.50. The predicted molar refractivity (Wildman–Crippen MR) is 90.6 cm³/mol. The molecule has 1 aromatic rings. The van der Waals surface area contributed by atoms with E-state index in [0.29, 0.717) is 0 Å². The Morgan fingerprint density at radius 2 is 1.59 bits per heavy atom. The number of anilines is 1. The number of urea groups is 1. The summed E-state index contributed by atoms with van der Waals surface area (Å²) in [5.74, 6) is 0.751. The minimum atomic E-state index is 0.214. The molecule has 5 heteroatoms. The molecule has 0 N–H and O–H groups in total. The van der Waals surface area contributed by atoms with Crippen LogP contribution in [0.4, 0.5) is 10.5 Å². The van der Waals surface area contributed by atoms with Gasteiger partial charge in [0.15, 0.2) is 0 Å². The molecule has 2 heterocycles. The van der Waals surface area contributed by atoms with Crippen molar-refractivity contribution in [3.8, 4) is 0 Å². The molecule has 4 nitrogen and oxygen atoms in total. The molecule has 2 aliphatic rings. The molecule has 0 saturated carbocycles. The van der Waals surface area contributed by atoms with Crippen molar-refractivity contribution >= 4 is 23.3 Å². The normalized spacial score (nSPS) is 20.4. The summed E-state index contributed by atoms with van der Waals surface area (Å²) in [6.45, 7) is 7.32. The fourth-order valence-electron chi connectivity index (χ4n) is 3.25. The molecule has 0 aromatic heterocycles. The molecule has 0 spiro atoms. The summed E-state index contributed by atoms with van der Waals surface area (Å²) in [6.07, 6.45) is 2.26. The van der Waals surface area contributed by atoms with Crippen LogP contribution < -0.4 is 4.90 Å². The number of halogens is 1. The summed E-state index contributed by atoms with van der Waals surface area (Å²) < 4.78 is 0. The van der Waals surface area contributed by atoms with E-state index >= 15 is 0 Å². The Morgan fingerprint density at radius 1 is 1.00 bits per heavy atom. The standard InChI is InChI=1S/C17H24ClN3O/c1-14-6-8-20(9-7-14)17(22)21-12-10-19(11-13-21)16-5-3-2-4-15(16)18/h2-5,14H,6-13H2,1H3. The Hall–Kier alpha value is -1.42. The van der Waals surface area contributed by atoms with E-state index in [1.807, 2.05) is 34.1 Å². The number of rotatable bonds is 1. The number of piperidine rings is 1. The van der Waals surface area contributed by atoms with E-state index in [4.69, 9.17) is 11.6 Å². The maximum absolute atomic E-state index is 12.6. The van der Waals surface area contributed by atoms with Crippen molar-refractivity contribution in [2.75, 3.05) is 44.2 Å². The van der Waals surface area contributed by atoms with Gasteiger partial charge in [-0.1, -0.05) is 30.7 Å². The summed E-state index contributed by atoms with van der Waals surface area (Å²) in [6, 6.07) is 8.14. The van der Waals surface area contributed by atoms with E-state index in [2.05, 4.69) is 11.8 Å². The van der Waals surface area contributed by atoms with Crippen LogP contribution in [0, 0.1) is 5.92 Å². The van der Waals surface area contributed by atoms with E-state index < -0.39 is 0 Å². The average Bonchev–Trinajstić information content (AvgIpc) is 2.56. The third kappa shape index (κ3) is 3.32. The van der Waals surface area contributed by atoms with E-state index in [1.54, 1.807) is 0 Å². The first-order valence-electron chi connectivity index (χ1n) is 8.18.